The maximum atomic E-state index is 13.3. The molecule has 0 unspecified atom stereocenters. The number of benzene rings is 2. The number of nitrogens with zero attached hydrogens (tertiary/aromatic N) is 2. The van der Waals surface area contributed by atoms with E-state index in [0.29, 0.717) is 5.56 Å². The first-order valence-electron chi connectivity index (χ1n) is 9.74. The quantitative estimate of drug-likeness (QED) is 0.533. The number of thioether (sulfide) groups is 1. The third kappa shape index (κ3) is 4.29. The van der Waals surface area contributed by atoms with Crippen LogP contribution in [0, 0.1) is 6.92 Å². The number of aryl methyl sites for hydroxylation is 1. The van der Waals surface area contributed by atoms with Crippen LogP contribution >= 0.6 is 11.8 Å². The summed E-state index contributed by atoms with van der Waals surface area (Å²) in [5.74, 6) is 0.311. The van der Waals surface area contributed by atoms with Gasteiger partial charge in [0.05, 0.1) is 10.6 Å². The Morgan fingerprint density at radius 3 is 2.40 bits per heavy atom. The molecule has 1 saturated heterocycles. The fourth-order valence-corrected chi connectivity index (χ4v) is 5.70. The Bertz CT molecular complexity index is 1130. The third-order valence-electron chi connectivity index (χ3n) is 4.96. The molecule has 1 aliphatic rings. The lowest BCUT2D eigenvalue weighted by Crippen LogP contribution is -2.29. The molecule has 0 spiro atoms. The van der Waals surface area contributed by atoms with Gasteiger partial charge in [0.15, 0.2) is 0 Å². The van der Waals surface area contributed by atoms with Crippen LogP contribution in [0.25, 0.3) is 11.5 Å². The highest BCUT2D eigenvalue weighted by Crippen LogP contribution is 2.35. The molecule has 1 fully saturated rings. The standard InChI is InChI=1S/C22H22N2O4S2/c1-16-9-11-18(12-10-16)30(26,27)21-22(29-15-19(25)24-13-5-6-14-24)28-20(23-21)17-7-3-2-4-8-17/h2-4,7-12H,5-6,13-15H2,1H3. The van der Waals surface area contributed by atoms with Crippen LogP contribution in [0.4, 0.5) is 0 Å². The lowest BCUT2D eigenvalue weighted by molar-refractivity contribution is -0.127. The van der Waals surface area contributed by atoms with Crippen molar-refractivity contribution in [2.24, 2.45) is 0 Å². The molecule has 1 aromatic heterocycles. The van der Waals surface area contributed by atoms with Crippen LogP contribution in [0.3, 0.4) is 0 Å². The number of sulfone groups is 1. The van der Waals surface area contributed by atoms with Gasteiger partial charge in [-0.2, -0.15) is 4.98 Å². The van der Waals surface area contributed by atoms with Gasteiger partial charge in [0, 0.05) is 18.7 Å². The van der Waals surface area contributed by atoms with Gasteiger partial charge in [-0.3, -0.25) is 4.79 Å². The molecular formula is C22H22N2O4S2. The number of hydrogen-bond acceptors (Lipinski definition) is 6. The molecule has 1 aliphatic heterocycles. The monoisotopic (exact) mass is 442 g/mol. The van der Waals surface area contributed by atoms with E-state index < -0.39 is 9.84 Å². The summed E-state index contributed by atoms with van der Waals surface area (Å²) in [7, 11) is -3.89. The second-order valence-corrected chi connectivity index (χ2v) is 9.98. The zero-order chi connectivity index (χ0) is 21.1. The van der Waals surface area contributed by atoms with Crippen molar-refractivity contribution in [2.45, 2.75) is 34.8 Å². The normalized spacial score (nSPS) is 14.2. The summed E-state index contributed by atoms with van der Waals surface area (Å²) >= 11 is 1.08. The molecule has 2 aromatic carbocycles. The molecule has 0 N–H and O–H groups in total. The molecule has 0 bridgehead atoms. The van der Waals surface area contributed by atoms with Crippen LogP contribution in [0.15, 0.2) is 74.0 Å². The highest BCUT2D eigenvalue weighted by molar-refractivity contribution is 8.00. The number of hydrogen-bond donors (Lipinski definition) is 0. The zero-order valence-electron chi connectivity index (χ0n) is 16.6. The van der Waals surface area contributed by atoms with Crippen LogP contribution in [-0.2, 0) is 14.6 Å². The Balaban J connectivity index is 1.69. The van der Waals surface area contributed by atoms with E-state index in [0.717, 1.165) is 43.3 Å². The Hall–Kier alpha value is -2.58. The highest BCUT2D eigenvalue weighted by Gasteiger charge is 2.29. The van der Waals surface area contributed by atoms with Crippen molar-refractivity contribution in [3.05, 3.63) is 60.2 Å². The molecule has 6 nitrogen and oxygen atoms in total. The van der Waals surface area contributed by atoms with Crippen LogP contribution in [-0.4, -0.2) is 43.1 Å². The summed E-state index contributed by atoms with van der Waals surface area (Å²) in [6.45, 7) is 3.39. The Morgan fingerprint density at radius 1 is 1.07 bits per heavy atom. The predicted octanol–water partition coefficient (Wildman–Crippen LogP) is 4.20. The summed E-state index contributed by atoms with van der Waals surface area (Å²) in [5.41, 5.74) is 1.64. The summed E-state index contributed by atoms with van der Waals surface area (Å²) in [6.07, 6.45) is 2.01. The Labute approximate surface area is 180 Å². The molecule has 30 heavy (non-hydrogen) atoms. The van der Waals surface area contributed by atoms with Crippen molar-refractivity contribution in [2.75, 3.05) is 18.8 Å². The summed E-state index contributed by atoms with van der Waals surface area (Å²) in [5, 5.41) is -0.00796. The van der Waals surface area contributed by atoms with E-state index in [1.54, 1.807) is 41.3 Å². The van der Waals surface area contributed by atoms with Crippen molar-refractivity contribution in [1.82, 2.24) is 9.88 Å². The number of carbonyl (C=O) groups excluding carboxylic acids is 1. The largest absolute Gasteiger partial charge is 0.428 e. The summed E-state index contributed by atoms with van der Waals surface area (Å²) < 4.78 is 32.4. The van der Waals surface area contributed by atoms with Gasteiger partial charge in [-0.1, -0.05) is 47.7 Å². The molecule has 0 radical (unpaired) electrons. The van der Waals surface area contributed by atoms with Gasteiger partial charge in [-0.05, 0) is 44.0 Å². The fraction of sp³-hybridized carbons (Fsp3) is 0.273. The fourth-order valence-electron chi connectivity index (χ4n) is 3.27. The number of aromatic nitrogens is 1. The first kappa shape index (κ1) is 20.7. The maximum Gasteiger partial charge on any atom is 0.233 e. The Kier molecular flexibility index (Phi) is 5.97. The van der Waals surface area contributed by atoms with E-state index in [2.05, 4.69) is 4.98 Å². The molecule has 3 aromatic rings. The van der Waals surface area contributed by atoms with Crippen molar-refractivity contribution >= 4 is 27.5 Å². The summed E-state index contributed by atoms with van der Waals surface area (Å²) in [6, 6.07) is 15.7. The number of amides is 1. The lowest BCUT2D eigenvalue weighted by atomic mass is 10.2. The summed E-state index contributed by atoms with van der Waals surface area (Å²) in [4.78, 5) is 18.7. The van der Waals surface area contributed by atoms with Crippen molar-refractivity contribution in [3.63, 3.8) is 0 Å². The van der Waals surface area contributed by atoms with Crippen LogP contribution in [0.2, 0.25) is 0 Å². The molecule has 2 heterocycles. The molecule has 0 saturated carbocycles. The molecule has 4 rings (SSSR count). The maximum absolute atomic E-state index is 13.3. The Morgan fingerprint density at radius 2 is 1.73 bits per heavy atom. The SMILES string of the molecule is Cc1ccc(S(=O)(=O)c2nc(-c3ccccc3)oc2SCC(=O)N2CCCC2)cc1. The zero-order valence-corrected chi connectivity index (χ0v) is 18.2. The second kappa shape index (κ2) is 8.65. The smallest absolute Gasteiger partial charge is 0.233 e. The van der Waals surface area contributed by atoms with E-state index in [-0.39, 0.29) is 32.6 Å². The molecule has 156 valence electrons. The molecule has 0 atom stereocenters. The topological polar surface area (TPSA) is 80.5 Å². The van der Waals surface area contributed by atoms with E-state index in [1.165, 1.54) is 0 Å². The third-order valence-corrected chi connectivity index (χ3v) is 7.70. The highest BCUT2D eigenvalue weighted by atomic mass is 32.2. The number of rotatable bonds is 6. The van der Waals surface area contributed by atoms with E-state index >= 15 is 0 Å². The second-order valence-electron chi connectivity index (χ2n) is 7.17. The molecule has 1 amide bonds. The van der Waals surface area contributed by atoms with Gasteiger partial charge in [0.1, 0.15) is 0 Å². The van der Waals surface area contributed by atoms with Gasteiger partial charge in [-0.25, -0.2) is 8.42 Å². The van der Waals surface area contributed by atoms with Gasteiger partial charge in [0.25, 0.3) is 0 Å². The van der Waals surface area contributed by atoms with E-state index in [9.17, 15) is 13.2 Å². The average Bonchev–Trinajstić information content (AvgIpc) is 3.44. The minimum absolute atomic E-state index is 0.0196. The van der Waals surface area contributed by atoms with Gasteiger partial charge >= 0.3 is 0 Å². The van der Waals surface area contributed by atoms with Gasteiger partial charge in [0.2, 0.25) is 31.8 Å². The average molecular weight is 443 g/mol. The van der Waals surface area contributed by atoms with Gasteiger partial charge < -0.3 is 9.32 Å². The lowest BCUT2D eigenvalue weighted by Gasteiger charge is -2.14. The predicted molar refractivity (Wildman–Crippen MR) is 115 cm³/mol. The first-order valence-corrected chi connectivity index (χ1v) is 12.2. The minimum atomic E-state index is -3.89. The number of oxazole rings is 1. The van der Waals surface area contributed by atoms with E-state index in [4.69, 9.17) is 4.42 Å². The number of likely N-dealkylation sites (tertiary alicyclic amines) is 1. The van der Waals surface area contributed by atoms with Crippen molar-refractivity contribution in [3.8, 4) is 11.5 Å². The van der Waals surface area contributed by atoms with Crippen molar-refractivity contribution in [1.29, 1.82) is 0 Å². The first-order chi connectivity index (χ1) is 14.4. The van der Waals surface area contributed by atoms with Crippen LogP contribution in [0.5, 0.6) is 0 Å². The van der Waals surface area contributed by atoms with Crippen molar-refractivity contribution < 1.29 is 17.6 Å². The van der Waals surface area contributed by atoms with E-state index in [1.807, 2.05) is 25.1 Å². The van der Waals surface area contributed by atoms with Crippen LogP contribution in [0.1, 0.15) is 18.4 Å². The number of carbonyl (C=O) groups is 1. The van der Waals surface area contributed by atoms with Crippen LogP contribution < -0.4 is 0 Å². The molecule has 8 heteroatoms. The molecular weight excluding hydrogens is 420 g/mol. The minimum Gasteiger partial charge on any atom is -0.428 e. The van der Waals surface area contributed by atoms with Gasteiger partial charge in [-0.15, -0.1) is 0 Å². The molecule has 0 aliphatic carbocycles.